The molecule has 2 aromatic rings. The van der Waals surface area contributed by atoms with Crippen LogP contribution < -0.4 is 5.32 Å². The zero-order valence-corrected chi connectivity index (χ0v) is 14.2. The molecule has 1 fully saturated rings. The average Bonchev–Trinajstić information content (AvgIpc) is 2.90. The first kappa shape index (κ1) is 16.5. The normalized spacial score (nSPS) is 20.2. The molecule has 0 spiro atoms. The van der Waals surface area contributed by atoms with Crippen molar-refractivity contribution in [1.29, 1.82) is 0 Å². The third-order valence-corrected chi connectivity index (χ3v) is 4.84. The van der Waals surface area contributed by atoms with Crippen LogP contribution in [0.25, 0.3) is 0 Å². The van der Waals surface area contributed by atoms with Crippen LogP contribution >= 0.6 is 11.6 Å². The molecule has 3 rings (SSSR count). The minimum Gasteiger partial charge on any atom is -0.352 e. The van der Waals surface area contributed by atoms with Gasteiger partial charge in [0.15, 0.2) is 0 Å². The van der Waals surface area contributed by atoms with Gasteiger partial charge in [0.2, 0.25) is 11.8 Å². The number of hydrogen-bond donors (Lipinski definition) is 1. The Morgan fingerprint density at radius 2 is 1.83 bits per heavy atom. The van der Waals surface area contributed by atoms with Crippen LogP contribution in [0.2, 0.25) is 5.02 Å². The molecule has 0 aromatic heterocycles. The van der Waals surface area contributed by atoms with Crippen LogP contribution in [0.4, 0.5) is 0 Å². The number of halogens is 1. The maximum absolute atomic E-state index is 12.7. The third kappa shape index (κ3) is 3.29. The van der Waals surface area contributed by atoms with Crippen molar-refractivity contribution in [3.05, 3.63) is 70.7 Å². The van der Waals surface area contributed by atoms with Gasteiger partial charge in [-0.15, -0.1) is 0 Å². The summed E-state index contributed by atoms with van der Waals surface area (Å²) in [6.45, 7) is 0.356. The predicted molar refractivity (Wildman–Crippen MR) is 93.4 cm³/mol. The van der Waals surface area contributed by atoms with Gasteiger partial charge in [-0.2, -0.15) is 0 Å². The summed E-state index contributed by atoms with van der Waals surface area (Å²) in [5.74, 6) is -0.532. The van der Waals surface area contributed by atoms with Gasteiger partial charge in [-0.05, 0) is 17.2 Å². The molecule has 24 heavy (non-hydrogen) atoms. The molecular formula is C19H19ClN2O2. The van der Waals surface area contributed by atoms with Crippen LogP contribution in [0.3, 0.4) is 0 Å². The Morgan fingerprint density at radius 3 is 2.54 bits per heavy atom. The molecule has 2 amide bonds. The number of amides is 2. The summed E-state index contributed by atoms with van der Waals surface area (Å²) < 4.78 is 0. The van der Waals surface area contributed by atoms with E-state index in [2.05, 4.69) is 5.32 Å². The molecular weight excluding hydrogens is 324 g/mol. The highest BCUT2D eigenvalue weighted by Gasteiger charge is 2.42. The standard InChI is InChI=1S/C19H19ClN2O2/c1-22-17(23)11-15(18(22)13-7-3-2-4-8-13)19(24)21-12-14-9-5-6-10-16(14)20/h2-10,15,18H,11-12H2,1H3,(H,21,24)/t15-,18-/m1/s1. The lowest BCUT2D eigenvalue weighted by atomic mass is 9.93. The Hall–Kier alpha value is -2.33. The van der Waals surface area contributed by atoms with Gasteiger partial charge in [0.25, 0.3) is 0 Å². The lowest BCUT2D eigenvalue weighted by molar-refractivity contribution is -0.128. The molecule has 0 aliphatic carbocycles. The number of likely N-dealkylation sites (tertiary alicyclic amines) is 1. The molecule has 0 unspecified atom stereocenters. The van der Waals surface area contributed by atoms with E-state index < -0.39 is 5.92 Å². The second-order valence-corrected chi connectivity index (χ2v) is 6.39. The zero-order chi connectivity index (χ0) is 17.1. The maximum atomic E-state index is 12.7. The van der Waals surface area contributed by atoms with Crippen molar-refractivity contribution in [3.63, 3.8) is 0 Å². The van der Waals surface area contributed by atoms with Crippen LogP contribution in [-0.4, -0.2) is 23.8 Å². The maximum Gasteiger partial charge on any atom is 0.226 e. The van der Waals surface area contributed by atoms with Gasteiger partial charge in [0, 0.05) is 25.0 Å². The number of rotatable bonds is 4. The first-order valence-corrected chi connectivity index (χ1v) is 8.27. The molecule has 1 N–H and O–H groups in total. The summed E-state index contributed by atoms with van der Waals surface area (Å²) >= 11 is 6.12. The fourth-order valence-corrected chi connectivity index (χ4v) is 3.37. The highest BCUT2D eigenvalue weighted by Crippen LogP contribution is 2.37. The van der Waals surface area contributed by atoms with Crippen molar-refractivity contribution in [2.24, 2.45) is 5.92 Å². The van der Waals surface area contributed by atoms with Gasteiger partial charge in [-0.3, -0.25) is 9.59 Å². The molecule has 4 nitrogen and oxygen atoms in total. The van der Waals surface area contributed by atoms with E-state index in [1.54, 1.807) is 18.0 Å². The summed E-state index contributed by atoms with van der Waals surface area (Å²) in [7, 11) is 1.75. The van der Waals surface area contributed by atoms with E-state index >= 15 is 0 Å². The number of benzene rings is 2. The number of hydrogen-bond acceptors (Lipinski definition) is 2. The summed E-state index contributed by atoms with van der Waals surface area (Å²) in [6.07, 6.45) is 0.227. The fourth-order valence-electron chi connectivity index (χ4n) is 3.17. The van der Waals surface area contributed by atoms with Crippen LogP contribution in [0.1, 0.15) is 23.6 Å². The van der Waals surface area contributed by atoms with Gasteiger partial charge in [0.1, 0.15) is 0 Å². The van der Waals surface area contributed by atoms with Gasteiger partial charge in [0.05, 0.1) is 12.0 Å². The molecule has 2 atom stereocenters. The van der Waals surface area contributed by atoms with Crippen molar-refractivity contribution in [2.45, 2.75) is 19.0 Å². The van der Waals surface area contributed by atoms with Crippen molar-refractivity contribution in [2.75, 3.05) is 7.05 Å². The highest BCUT2D eigenvalue weighted by molar-refractivity contribution is 6.31. The molecule has 2 aromatic carbocycles. The van der Waals surface area contributed by atoms with Crippen LogP contribution in [0.5, 0.6) is 0 Å². The molecule has 5 heteroatoms. The fraction of sp³-hybridized carbons (Fsp3) is 0.263. The van der Waals surface area contributed by atoms with Crippen molar-refractivity contribution in [1.82, 2.24) is 10.2 Å². The molecule has 0 bridgehead atoms. The quantitative estimate of drug-likeness (QED) is 0.927. The van der Waals surface area contributed by atoms with Gasteiger partial charge >= 0.3 is 0 Å². The second-order valence-electron chi connectivity index (χ2n) is 5.98. The number of carbonyl (C=O) groups excluding carboxylic acids is 2. The van der Waals surface area contributed by atoms with Crippen LogP contribution in [-0.2, 0) is 16.1 Å². The highest BCUT2D eigenvalue weighted by atomic mass is 35.5. The Morgan fingerprint density at radius 1 is 1.17 bits per heavy atom. The largest absolute Gasteiger partial charge is 0.352 e. The van der Waals surface area contributed by atoms with Crippen molar-refractivity contribution in [3.8, 4) is 0 Å². The van der Waals surface area contributed by atoms with E-state index in [1.165, 1.54) is 0 Å². The van der Waals surface area contributed by atoms with Crippen molar-refractivity contribution >= 4 is 23.4 Å². The van der Waals surface area contributed by atoms with Crippen LogP contribution in [0.15, 0.2) is 54.6 Å². The number of carbonyl (C=O) groups is 2. The number of nitrogens with zero attached hydrogens (tertiary/aromatic N) is 1. The lowest BCUT2D eigenvalue weighted by Gasteiger charge is -2.25. The first-order chi connectivity index (χ1) is 11.6. The first-order valence-electron chi connectivity index (χ1n) is 7.89. The Kier molecular flexibility index (Phi) is 4.86. The van der Waals surface area contributed by atoms with E-state index in [0.717, 1.165) is 11.1 Å². The zero-order valence-electron chi connectivity index (χ0n) is 13.4. The summed E-state index contributed by atoms with van der Waals surface area (Å²) in [6, 6.07) is 16.8. The van der Waals surface area contributed by atoms with Crippen molar-refractivity contribution < 1.29 is 9.59 Å². The van der Waals surface area contributed by atoms with Gasteiger partial charge in [-0.25, -0.2) is 0 Å². The number of nitrogens with one attached hydrogen (secondary N) is 1. The SMILES string of the molecule is CN1C(=O)C[C@@H](C(=O)NCc2ccccc2Cl)[C@H]1c1ccccc1. The van der Waals surface area contributed by atoms with Crippen LogP contribution in [0, 0.1) is 5.92 Å². The topological polar surface area (TPSA) is 49.4 Å². The van der Waals surface area contributed by atoms with E-state index in [0.29, 0.717) is 11.6 Å². The lowest BCUT2D eigenvalue weighted by Crippen LogP contribution is -2.34. The minimum atomic E-state index is -0.396. The molecule has 0 saturated carbocycles. The minimum absolute atomic E-state index is 0.0123. The molecule has 1 aliphatic rings. The van der Waals surface area contributed by atoms with E-state index in [9.17, 15) is 9.59 Å². The van der Waals surface area contributed by atoms with E-state index in [4.69, 9.17) is 11.6 Å². The summed E-state index contributed by atoms with van der Waals surface area (Å²) in [5.41, 5.74) is 1.84. The monoisotopic (exact) mass is 342 g/mol. The predicted octanol–water partition coefficient (Wildman–Crippen LogP) is 3.18. The molecule has 0 radical (unpaired) electrons. The average molecular weight is 343 g/mol. The molecule has 1 aliphatic heterocycles. The Bertz CT molecular complexity index is 748. The summed E-state index contributed by atoms with van der Waals surface area (Å²) in [5, 5.41) is 3.54. The van der Waals surface area contributed by atoms with Gasteiger partial charge in [-0.1, -0.05) is 60.1 Å². The molecule has 124 valence electrons. The molecule has 1 heterocycles. The summed E-state index contributed by atoms with van der Waals surface area (Å²) in [4.78, 5) is 26.5. The third-order valence-electron chi connectivity index (χ3n) is 4.48. The molecule has 1 saturated heterocycles. The van der Waals surface area contributed by atoms with E-state index in [1.807, 2.05) is 48.5 Å². The van der Waals surface area contributed by atoms with Gasteiger partial charge < -0.3 is 10.2 Å². The van der Waals surface area contributed by atoms with E-state index in [-0.39, 0.29) is 24.3 Å². The Balaban J connectivity index is 1.75. The second kappa shape index (κ2) is 7.05. The smallest absolute Gasteiger partial charge is 0.226 e. The Labute approximate surface area is 146 Å².